The molecule has 1 aromatic rings. The van der Waals surface area contributed by atoms with Crippen molar-refractivity contribution < 1.29 is 8.42 Å². The lowest BCUT2D eigenvalue weighted by Gasteiger charge is -2.09. The SMILES string of the molecule is CCCCCNS(=O)(=O)c1cc(C)c(Cl)c(N)c1. The predicted molar refractivity (Wildman–Crippen MR) is 75.3 cm³/mol. The summed E-state index contributed by atoms with van der Waals surface area (Å²) in [6, 6.07) is 2.92. The Labute approximate surface area is 114 Å². The maximum Gasteiger partial charge on any atom is 0.240 e. The summed E-state index contributed by atoms with van der Waals surface area (Å²) in [6.45, 7) is 4.24. The van der Waals surface area contributed by atoms with Gasteiger partial charge in [0.2, 0.25) is 10.0 Å². The molecule has 0 atom stereocenters. The molecule has 0 aliphatic rings. The zero-order chi connectivity index (χ0) is 13.8. The molecule has 1 aromatic carbocycles. The van der Waals surface area contributed by atoms with Crippen LogP contribution in [0.3, 0.4) is 0 Å². The number of rotatable bonds is 6. The molecule has 0 saturated heterocycles. The standard InChI is InChI=1S/C12H19ClN2O2S/c1-3-4-5-6-15-18(16,17)10-7-9(2)12(13)11(14)8-10/h7-8,15H,3-6,14H2,1-2H3. The summed E-state index contributed by atoms with van der Waals surface area (Å²) in [7, 11) is -3.49. The Kier molecular flexibility index (Phi) is 5.44. The molecule has 0 radical (unpaired) electrons. The van der Waals surface area contributed by atoms with Gasteiger partial charge in [0.15, 0.2) is 0 Å². The number of hydrogen-bond donors (Lipinski definition) is 2. The average Bonchev–Trinajstić information content (AvgIpc) is 2.31. The molecular formula is C12H19ClN2O2S. The van der Waals surface area contributed by atoms with Crippen LogP contribution in [0.1, 0.15) is 31.7 Å². The second-order valence-electron chi connectivity index (χ2n) is 4.25. The first-order valence-corrected chi connectivity index (χ1v) is 7.80. The molecule has 18 heavy (non-hydrogen) atoms. The van der Waals surface area contributed by atoms with E-state index in [0.717, 1.165) is 19.3 Å². The summed E-state index contributed by atoms with van der Waals surface area (Å²) in [5, 5.41) is 0.403. The number of hydrogen-bond acceptors (Lipinski definition) is 3. The van der Waals surface area contributed by atoms with Crippen LogP contribution in [-0.4, -0.2) is 15.0 Å². The van der Waals surface area contributed by atoms with Crippen molar-refractivity contribution in [1.29, 1.82) is 0 Å². The van der Waals surface area contributed by atoms with Crippen LogP contribution in [0.5, 0.6) is 0 Å². The summed E-state index contributed by atoms with van der Waals surface area (Å²) in [6.07, 6.45) is 2.89. The van der Waals surface area contributed by atoms with E-state index in [1.54, 1.807) is 6.92 Å². The van der Waals surface area contributed by atoms with Crippen molar-refractivity contribution in [3.05, 3.63) is 22.7 Å². The highest BCUT2D eigenvalue weighted by molar-refractivity contribution is 7.89. The van der Waals surface area contributed by atoms with Crippen LogP contribution in [0.2, 0.25) is 5.02 Å². The summed E-state index contributed by atoms with van der Waals surface area (Å²) in [5.74, 6) is 0. The first kappa shape index (κ1) is 15.3. The molecule has 0 unspecified atom stereocenters. The fourth-order valence-electron chi connectivity index (χ4n) is 1.58. The molecule has 4 nitrogen and oxygen atoms in total. The fourth-order valence-corrected chi connectivity index (χ4v) is 2.89. The molecule has 0 amide bonds. The second-order valence-corrected chi connectivity index (χ2v) is 6.39. The van der Waals surface area contributed by atoms with Crippen LogP contribution in [0, 0.1) is 6.92 Å². The van der Waals surface area contributed by atoms with Crippen molar-refractivity contribution >= 4 is 27.3 Å². The molecule has 3 N–H and O–H groups in total. The fraction of sp³-hybridized carbons (Fsp3) is 0.500. The maximum absolute atomic E-state index is 12.0. The van der Waals surface area contributed by atoms with Crippen LogP contribution in [0.4, 0.5) is 5.69 Å². The first-order valence-electron chi connectivity index (χ1n) is 5.93. The smallest absolute Gasteiger partial charge is 0.240 e. The molecule has 6 heteroatoms. The summed E-state index contributed by atoms with van der Waals surface area (Å²) >= 11 is 5.91. The van der Waals surface area contributed by atoms with E-state index in [-0.39, 0.29) is 10.6 Å². The Hall–Kier alpha value is -0.780. The lowest BCUT2D eigenvalue weighted by molar-refractivity contribution is 0.576. The van der Waals surface area contributed by atoms with Crippen molar-refractivity contribution in [3.8, 4) is 0 Å². The number of unbranched alkanes of at least 4 members (excludes halogenated alkanes) is 2. The van der Waals surface area contributed by atoms with Gasteiger partial charge < -0.3 is 5.73 Å². The molecule has 0 aliphatic heterocycles. The quantitative estimate of drug-likeness (QED) is 0.625. The van der Waals surface area contributed by atoms with Gasteiger partial charge in [-0.2, -0.15) is 0 Å². The van der Waals surface area contributed by atoms with Crippen molar-refractivity contribution in [3.63, 3.8) is 0 Å². The highest BCUT2D eigenvalue weighted by Crippen LogP contribution is 2.26. The minimum atomic E-state index is -3.49. The van der Waals surface area contributed by atoms with Crippen LogP contribution >= 0.6 is 11.6 Å². The Bertz CT molecular complexity index is 492. The normalized spacial score (nSPS) is 11.7. The van der Waals surface area contributed by atoms with Gasteiger partial charge in [0, 0.05) is 6.54 Å². The highest BCUT2D eigenvalue weighted by atomic mass is 35.5. The third-order valence-corrected chi connectivity index (χ3v) is 4.60. The zero-order valence-corrected chi connectivity index (χ0v) is 12.2. The van der Waals surface area contributed by atoms with E-state index >= 15 is 0 Å². The van der Waals surface area contributed by atoms with Gasteiger partial charge >= 0.3 is 0 Å². The van der Waals surface area contributed by atoms with E-state index in [4.69, 9.17) is 17.3 Å². The largest absolute Gasteiger partial charge is 0.397 e. The first-order chi connectivity index (χ1) is 8.38. The monoisotopic (exact) mass is 290 g/mol. The summed E-state index contributed by atoms with van der Waals surface area (Å²) < 4.78 is 26.6. The second kappa shape index (κ2) is 6.41. The molecule has 0 aliphatic carbocycles. The molecule has 0 heterocycles. The van der Waals surface area contributed by atoms with Gasteiger partial charge in [-0.25, -0.2) is 13.1 Å². The molecule has 0 spiro atoms. The lowest BCUT2D eigenvalue weighted by Crippen LogP contribution is -2.25. The van der Waals surface area contributed by atoms with Crippen molar-refractivity contribution in [1.82, 2.24) is 4.72 Å². The number of sulfonamides is 1. The molecule has 0 fully saturated rings. The van der Waals surface area contributed by atoms with E-state index in [2.05, 4.69) is 11.6 Å². The van der Waals surface area contributed by atoms with Gasteiger partial charge in [-0.3, -0.25) is 0 Å². The topological polar surface area (TPSA) is 72.2 Å². The Balaban J connectivity index is 2.85. The molecule has 0 saturated carbocycles. The Morgan fingerprint density at radius 2 is 2.00 bits per heavy atom. The molecule has 0 aromatic heterocycles. The van der Waals surface area contributed by atoms with Crippen LogP contribution in [0.15, 0.2) is 17.0 Å². The van der Waals surface area contributed by atoms with Crippen LogP contribution in [0.25, 0.3) is 0 Å². The third-order valence-electron chi connectivity index (χ3n) is 2.64. The minimum Gasteiger partial charge on any atom is -0.397 e. The molecular weight excluding hydrogens is 272 g/mol. The number of halogens is 1. The summed E-state index contributed by atoms with van der Waals surface area (Å²) in [5.41, 5.74) is 6.61. The Morgan fingerprint density at radius 1 is 1.33 bits per heavy atom. The predicted octanol–water partition coefficient (Wildman–Crippen LogP) is 2.70. The van der Waals surface area contributed by atoms with Crippen molar-refractivity contribution in [2.24, 2.45) is 0 Å². The summed E-state index contributed by atoms with van der Waals surface area (Å²) in [4.78, 5) is 0.165. The van der Waals surface area contributed by atoms with Gasteiger partial charge in [0.25, 0.3) is 0 Å². The molecule has 0 bridgehead atoms. The van der Waals surface area contributed by atoms with E-state index in [1.165, 1.54) is 12.1 Å². The number of aryl methyl sites for hydroxylation is 1. The Morgan fingerprint density at radius 3 is 2.56 bits per heavy atom. The van der Waals surface area contributed by atoms with Crippen LogP contribution in [-0.2, 0) is 10.0 Å². The van der Waals surface area contributed by atoms with E-state index in [1.807, 2.05) is 0 Å². The van der Waals surface area contributed by atoms with Gasteiger partial charge in [-0.05, 0) is 31.0 Å². The van der Waals surface area contributed by atoms with Gasteiger partial charge in [-0.15, -0.1) is 0 Å². The van der Waals surface area contributed by atoms with E-state index in [9.17, 15) is 8.42 Å². The number of anilines is 1. The van der Waals surface area contributed by atoms with Crippen LogP contribution < -0.4 is 10.5 Å². The maximum atomic E-state index is 12.0. The third kappa shape index (κ3) is 3.86. The van der Waals surface area contributed by atoms with Gasteiger partial charge in [0.1, 0.15) is 0 Å². The average molecular weight is 291 g/mol. The lowest BCUT2D eigenvalue weighted by atomic mass is 10.2. The highest BCUT2D eigenvalue weighted by Gasteiger charge is 2.16. The number of benzene rings is 1. The molecule has 1 rings (SSSR count). The minimum absolute atomic E-state index is 0.165. The number of nitrogen functional groups attached to an aromatic ring is 1. The molecule has 102 valence electrons. The number of nitrogens with one attached hydrogen (secondary N) is 1. The zero-order valence-electron chi connectivity index (χ0n) is 10.7. The van der Waals surface area contributed by atoms with Gasteiger partial charge in [0.05, 0.1) is 15.6 Å². The number of nitrogens with two attached hydrogens (primary N) is 1. The van der Waals surface area contributed by atoms with Gasteiger partial charge in [-0.1, -0.05) is 31.4 Å². The van der Waals surface area contributed by atoms with Crippen molar-refractivity contribution in [2.75, 3.05) is 12.3 Å². The van der Waals surface area contributed by atoms with E-state index in [0.29, 0.717) is 17.1 Å². The van der Waals surface area contributed by atoms with E-state index < -0.39 is 10.0 Å². The van der Waals surface area contributed by atoms with Crippen molar-refractivity contribution in [2.45, 2.75) is 38.0 Å².